The predicted octanol–water partition coefficient (Wildman–Crippen LogP) is 7.87. The first-order valence-electron chi connectivity index (χ1n) is 15.0. The summed E-state index contributed by atoms with van der Waals surface area (Å²) in [6.45, 7) is 1.86. The molecule has 5 aromatic rings. The van der Waals surface area contributed by atoms with Gasteiger partial charge in [-0.15, -0.1) is 27.8 Å². The van der Waals surface area contributed by atoms with Crippen molar-refractivity contribution in [2.45, 2.75) is 11.8 Å². The van der Waals surface area contributed by atoms with Crippen molar-refractivity contribution in [2.75, 3.05) is 12.0 Å². The van der Waals surface area contributed by atoms with E-state index in [1.54, 1.807) is 12.1 Å². The van der Waals surface area contributed by atoms with Crippen molar-refractivity contribution in [2.24, 2.45) is 0 Å². The molecule has 5 aromatic carbocycles. The highest BCUT2D eigenvalue weighted by Gasteiger charge is 2.52. The molecular formula is C35H13BF20OS. The van der Waals surface area contributed by atoms with Crippen LogP contribution in [0.1, 0.15) is 6.92 Å². The molecule has 58 heavy (non-hydrogen) atoms. The molecule has 1 nitrogen and oxygen atoms in total. The van der Waals surface area contributed by atoms with E-state index in [-0.39, 0.29) is 10.9 Å². The molecule has 5 rings (SSSR count). The standard InChI is InChI=1S/C24BF20.C11H12OS/c26-5-1(6(27)14(35)21(42)13(5)34)25(2-7(28)15(36)22(43)16(37)8(2)29,3-9(30)17(38)23(44)18(39)10(3)31)4-11(32)19(40)24(45)20(41)12(4)33;1-3-4-9-13(2)11-7-5-10(12)6-8-11/h;5-8H,9H2,1-2H3/q-1;/p+1. The molecule has 1 N–H and O–H groups in total. The molecule has 0 aliphatic heterocycles. The van der Waals surface area contributed by atoms with E-state index in [1.165, 1.54) is 4.90 Å². The Kier molecular flexibility index (Phi) is 13.1. The first-order chi connectivity index (χ1) is 26.9. The summed E-state index contributed by atoms with van der Waals surface area (Å²) in [5, 5.41) is 9.09. The fraction of sp³-hybridized carbons (Fsp3) is 0.0857. The molecule has 0 saturated carbocycles. The first-order valence-corrected chi connectivity index (χ1v) is 16.8. The zero-order valence-corrected chi connectivity index (χ0v) is 28.8. The molecule has 23 heteroatoms. The number of hydrogen-bond acceptors (Lipinski definition) is 1. The smallest absolute Gasteiger partial charge is 0.200 e. The van der Waals surface area contributed by atoms with Crippen molar-refractivity contribution in [1.29, 1.82) is 0 Å². The van der Waals surface area contributed by atoms with E-state index in [2.05, 4.69) is 18.1 Å². The maximum absolute atomic E-state index is 15.4. The van der Waals surface area contributed by atoms with E-state index < -0.39 is 144 Å². The van der Waals surface area contributed by atoms with Crippen molar-refractivity contribution in [3.8, 4) is 17.6 Å². The normalized spacial score (nSPS) is 11.9. The van der Waals surface area contributed by atoms with Crippen molar-refractivity contribution >= 4 is 38.9 Å². The van der Waals surface area contributed by atoms with Gasteiger partial charge in [-0.1, -0.05) is 0 Å². The first kappa shape index (κ1) is 45.2. The lowest BCUT2D eigenvalue weighted by atomic mass is 9.12. The van der Waals surface area contributed by atoms with Crippen LogP contribution in [0.5, 0.6) is 5.75 Å². The van der Waals surface area contributed by atoms with Gasteiger partial charge in [0.25, 0.3) is 0 Å². The molecule has 0 heterocycles. The van der Waals surface area contributed by atoms with Gasteiger partial charge in [0.05, 0.1) is 0 Å². The highest BCUT2D eigenvalue weighted by atomic mass is 32.2. The number of aromatic hydroxyl groups is 1. The van der Waals surface area contributed by atoms with E-state index >= 15 is 35.1 Å². The highest BCUT2D eigenvalue weighted by Crippen LogP contribution is 2.30. The molecule has 0 aliphatic carbocycles. The molecule has 0 amide bonds. The van der Waals surface area contributed by atoms with Crippen LogP contribution in [-0.4, -0.2) is 23.3 Å². The lowest BCUT2D eigenvalue weighted by molar-refractivity contribution is 0.378. The van der Waals surface area contributed by atoms with Crippen LogP contribution in [0.25, 0.3) is 0 Å². The minimum Gasteiger partial charge on any atom is -0.508 e. The number of halogens is 20. The highest BCUT2D eigenvalue weighted by molar-refractivity contribution is 7.96. The summed E-state index contributed by atoms with van der Waals surface area (Å²) in [6, 6.07) is 7.35. The average Bonchev–Trinajstić information content (AvgIpc) is 3.20. The Morgan fingerprint density at radius 1 is 0.397 bits per heavy atom. The average molecular weight is 872 g/mol. The molecule has 0 bridgehead atoms. The SMILES string of the molecule is CC#CC[S+](C)c1ccc(O)cc1.Fc1c(F)c(F)c([B-](c2c(F)c(F)c(F)c(F)c2F)(c2c(F)c(F)c(F)c(F)c2F)c2c(F)c(F)c(F)c(F)c2F)c(F)c1F. The summed E-state index contributed by atoms with van der Waals surface area (Å²) in [7, 11) is 0.174. The molecular weight excluding hydrogens is 859 g/mol. The summed E-state index contributed by atoms with van der Waals surface area (Å²) < 4.78 is 294. The van der Waals surface area contributed by atoms with Crippen LogP contribution in [0.3, 0.4) is 0 Å². The summed E-state index contributed by atoms with van der Waals surface area (Å²) in [6.07, 6.45) is -5.05. The molecule has 1 unspecified atom stereocenters. The van der Waals surface area contributed by atoms with Crippen molar-refractivity contribution in [3.05, 3.63) is 141 Å². The van der Waals surface area contributed by atoms with Crippen LogP contribution in [0.15, 0.2) is 29.2 Å². The zero-order chi connectivity index (χ0) is 44.0. The molecule has 0 spiro atoms. The quantitative estimate of drug-likeness (QED) is 0.0461. The summed E-state index contributed by atoms with van der Waals surface area (Å²) in [5.41, 5.74) is -14.3. The van der Waals surface area contributed by atoms with E-state index in [4.69, 9.17) is 5.11 Å². The Labute approximate surface area is 313 Å². The summed E-state index contributed by atoms with van der Waals surface area (Å²) in [5.74, 6) is -64.2. The minimum absolute atomic E-state index is 0.174. The Morgan fingerprint density at radius 3 is 0.810 bits per heavy atom. The minimum atomic E-state index is -7.22. The van der Waals surface area contributed by atoms with Crippen LogP contribution in [0, 0.1) is 128 Å². The van der Waals surface area contributed by atoms with Crippen LogP contribution in [0.4, 0.5) is 87.8 Å². The monoisotopic (exact) mass is 872 g/mol. The Hall–Kier alpha value is -5.53. The summed E-state index contributed by atoms with van der Waals surface area (Å²) in [4.78, 5) is 1.25. The second-order valence-electron chi connectivity index (χ2n) is 11.5. The summed E-state index contributed by atoms with van der Waals surface area (Å²) >= 11 is 0. The van der Waals surface area contributed by atoms with Crippen LogP contribution in [0.2, 0.25) is 0 Å². The Balaban J connectivity index is 0.000000486. The lowest BCUT2D eigenvalue weighted by Crippen LogP contribution is -2.81. The van der Waals surface area contributed by atoms with Crippen LogP contribution >= 0.6 is 0 Å². The van der Waals surface area contributed by atoms with Gasteiger partial charge in [-0.05, 0) is 37.1 Å². The Bertz CT molecular complexity index is 2150. The van der Waals surface area contributed by atoms with Crippen molar-refractivity contribution < 1.29 is 92.9 Å². The van der Waals surface area contributed by atoms with E-state index in [9.17, 15) is 52.7 Å². The third-order valence-corrected chi connectivity index (χ3v) is 10.1. The second kappa shape index (κ2) is 16.8. The van der Waals surface area contributed by atoms with E-state index in [1.807, 2.05) is 19.1 Å². The molecule has 0 aliphatic rings. The van der Waals surface area contributed by atoms with Crippen molar-refractivity contribution in [3.63, 3.8) is 0 Å². The molecule has 0 fully saturated rings. The molecule has 0 radical (unpaired) electrons. The maximum Gasteiger partial charge on any atom is 0.200 e. The topological polar surface area (TPSA) is 20.2 Å². The van der Waals surface area contributed by atoms with Gasteiger partial charge in [0.15, 0.2) is 80.5 Å². The van der Waals surface area contributed by atoms with Gasteiger partial charge in [0.1, 0.15) is 64.7 Å². The van der Waals surface area contributed by atoms with E-state index in [0.717, 1.165) is 5.75 Å². The van der Waals surface area contributed by atoms with Gasteiger partial charge >= 0.3 is 0 Å². The van der Waals surface area contributed by atoms with Gasteiger partial charge in [-0.25, -0.2) is 87.8 Å². The fourth-order valence-corrected chi connectivity index (χ4v) is 6.94. The molecule has 308 valence electrons. The van der Waals surface area contributed by atoms with Crippen molar-refractivity contribution in [1.82, 2.24) is 0 Å². The molecule has 0 aromatic heterocycles. The van der Waals surface area contributed by atoms with Crippen LogP contribution < -0.4 is 21.9 Å². The van der Waals surface area contributed by atoms with E-state index in [0.29, 0.717) is 5.75 Å². The largest absolute Gasteiger partial charge is 0.508 e. The van der Waals surface area contributed by atoms with Gasteiger partial charge in [0, 0.05) is 10.9 Å². The van der Waals surface area contributed by atoms with Crippen LogP contribution in [-0.2, 0) is 10.9 Å². The van der Waals surface area contributed by atoms with Gasteiger partial charge in [0.2, 0.25) is 0 Å². The zero-order valence-electron chi connectivity index (χ0n) is 28.0. The number of phenolic OH excluding ortho intramolecular Hbond substituents is 1. The number of rotatable bonds is 6. The third kappa shape index (κ3) is 7.04. The number of phenols is 1. The molecule has 1 atom stereocenters. The maximum atomic E-state index is 15.4. The Morgan fingerprint density at radius 2 is 0.603 bits per heavy atom. The predicted molar refractivity (Wildman–Crippen MR) is 167 cm³/mol. The number of benzene rings is 5. The molecule has 0 saturated heterocycles. The van der Waals surface area contributed by atoms with Gasteiger partial charge in [-0.2, -0.15) is 0 Å². The lowest BCUT2D eigenvalue weighted by Gasteiger charge is -2.44. The second-order valence-corrected chi connectivity index (χ2v) is 13.5. The van der Waals surface area contributed by atoms with Gasteiger partial charge < -0.3 is 5.11 Å². The number of hydrogen-bond donors (Lipinski definition) is 1. The fourth-order valence-electron chi connectivity index (χ4n) is 5.82. The third-order valence-electron chi connectivity index (χ3n) is 8.41. The van der Waals surface area contributed by atoms with Gasteiger partial charge in [-0.3, -0.25) is 0 Å².